The van der Waals surface area contributed by atoms with Gasteiger partial charge >= 0.3 is 0 Å². The van der Waals surface area contributed by atoms with E-state index in [1.54, 1.807) is 11.8 Å². The van der Waals surface area contributed by atoms with Gasteiger partial charge in [-0.25, -0.2) is 5.43 Å². The van der Waals surface area contributed by atoms with Gasteiger partial charge in [-0.1, -0.05) is 73.5 Å². The molecule has 2 aromatic rings. The summed E-state index contributed by atoms with van der Waals surface area (Å²) in [6, 6.07) is 16.9. The molecule has 2 rings (SSSR count). The van der Waals surface area contributed by atoms with Crippen LogP contribution < -0.4 is 5.43 Å². The van der Waals surface area contributed by atoms with Crippen LogP contribution in [0.1, 0.15) is 49.4 Å². The Morgan fingerprint density at radius 1 is 1.07 bits per heavy atom. The highest BCUT2D eigenvalue weighted by atomic mass is 32.2. The third-order valence-electron chi connectivity index (χ3n) is 4.41. The van der Waals surface area contributed by atoms with Crippen LogP contribution in [-0.4, -0.2) is 17.4 Å². The van der Waals surface area contributed by atoms with Crippen LogP contribution in [-0.2, 0) is 16.0 Å². The third-order valence-corrected chi connectivity index (χ3v) is 5.41. The number of amides is 1. The van der Waals surface area contributed by atoms with Crippen LogP contribution in [0.3, 0.4) is 0 Å². The molecule has 0 heterocycles. The zero-order chi connectivity index (χ0) is 19.9. The molecule has 0 spiro atoms. The van der Waals surface area contributed by atoms with E-state index in [4.69, 9.17) is 0 Å². The number of hydrogen-bond acceptors (Lipinski definition) is 3. The number of hydrogen-bond donors (Lipinski definition) is 1. The summed E-state index contributed by atoms with van der Waals surface area (Å²) >= 11 is 1.61. The van der Waals surface area contributed by atoms with Crippen molar-refractivity contribution in [3.05, 3.63) is 70.8 Å². The number of nitrogens with one attached hydrogen (secondary N) is 1. The van der Waals surface area contributed by atoms with Crippen LogP contribution in [0.5, 0.6) is 0 Å². The van der Waals surface area contributed by atoms with Crippen LogP contribution in [0.25, 0.3) is 0 Å². The fourth-order valence-corrected chi connectivity index (χ4v) is 4.03. The molecule has 0 aromatic heterocycles. The summed E-state index contributed by atoms with van der Waals surface area (Å²) in [5.41, 5.74) is 8.66. The van der Waals surface area contributed by atoms with Crippen molar-refractivity contribution < 1.29 is 4.79 Å². The fourth-order valence-electron chi connectivity index (χ4n) is 3.27. The Labute approximate surface area is 167 Å². The van der Waals surface area contributed by atoms with Gasteiger partial charge in [-0.2, -0.15) is 5.10 Å². The van der Waals surface area contributed by atoms with E-state index in [9.17, 15) is 4.79 Å². The first-order chi connectivity index (χ1) is 12.8. The van der Waals surface area contributed by atoms with Crippen molar-refractivity contribution in [3.8, 4) is 0 Å². The first-order valence-electron chi connectivity index (χ1n) is 9.29. The summed E-state index contributed by atoms with van der Waals surface area (Å²) in [6.07, 6.45) is 0.799. The van der Waals surface area contributed by atoms with Crippen LogP contribution in [0, 0.1) is 13.8 Å². The second-order valence-corrected chi connectivity index (χ2v) is 8.78. The number of hydrazone groups is 1. The Hall–Kier alpha value is -2.07. The summed E-state index contributed by atoms with van der Waals surface area (Å²) in [4.78, 5) is 12.1. The highest BCUT2D eigenvalue weighted by Crippen LogP contribution is 2.27. The van der Waals surface area contributed by atoms with Gasteiger partial charge in [0.2, 0.25) is 5.91 Å². The molecule has 0 aliphatic carbocycles. The quantitative estimate of drug-likeness (QED) is 0.491. The highest BCUT2D eigenvalue weighted by molar-refractivity contribution is 7.99. The second kappa shape index (κ2) is 9.75. The molecule has 2 aromatic carbocycles. The minimum Gasteiger partial charge on any atom is -0.272 e. The smallest absolute Gasteiger partial charge is 0.250 e. The van der Waals surface area contributed by atoms with Gasteiger partial charge in [0.1, 0.15) is 0 Å². The molecular weight excluding hydrogens is 352 g/mol. The SMILES string of the molecule is C/C(CC(C)(C)c1ccccc1)=N\NC(=O)CSCc1cc(C)cc(C)c1. The monoisotopic (exact) mass is 382 g/mol. The van der Waals surface area contributed by atoms with E-state index >= 15 is 0 Å². The molecule has 0 aliphatic rings. The lowest BCUT2D eigenvalue weighted by Crippen LogP contribution is -2.25. The molecule has 1 amide bonds. The molecule has 0 fully saturated rings. The lowest BCUT2D eigenvalue weighted by molar-refractivity contribution is -0.118. The number of benzene rings is 2. The van der Waals surface area contributed by atoms with Gasteiger partial charge in [0.25, 0.3) is 0 Å². The zero-order valence-corrected chi connectivity index (χ0v) is 17.8. The fraction of sp³-hybridized carbons (Fsp3) is 0.391. The number of carbonyl (C=O) groups is 1. The lowest BCUT2D eigenvalue weighted by atomic mass is 9.80. The third kappa shape index (κ3) is 7.22. The van der Waals surface area contributed by atoms with Crippen LogP contribution in [0.15, 0.2) is 53.6 Å². The maximum Gasteiger partial charge on any atom is 0.250 e. The van der Waals surface area contributed by atoms with E-state index in [0.717, 1.165) is 17.9 Å². The summed E-state index contributed by atoms with van der Waals surface area (Å²) in [5, 5.41) is 4.29. The molecule has 0 unspecified atom stereocenters. The normalized spacial score (nSPS) is 12.1. The van der Waals surface area contributed by atoms with E-state index in [2.05, 4.69) is 80.7 Å². The standard InChI is InChI=1S/C23H30N2OS/c1-17-11-18(2)13-20(12-17)15-27-16-22(26)25-24-19(3)14-23(4,5)21-9-7-6-8-10-21/h6-13H,14-16H2,1-5H3,(H,25,26)/b24-19+. The van der Waals surface area contributed by atoms with Gasteiger partial charge in [0.05, 0.1) is 5.75 Å². The lowest BCUT2D eigenvalue weighted by Gasteiger charge is -2.25. The number of aryl methyl sites for hydroxylation is 2. The summed E-state index contributed by atoms with van der Waals surface area (Å²) in [5.74, 6) is 1.19. The zero-order valence-electron chi connectivity index (χ0n) is 17.0. The largest absolute Gasteiger partial charge is 0.272 e. The van der Waals surface area contributed by atoms with Gasteiger partial charge in [0, 0.05) is 11.5 Å². The molecule has 4 heteroatoms. The van der Waals surface area contributed by atoms with Crippen molar-refractivity contribution in [2.45, 2.75) is 52.2 Å². The minimum absolute atomic E-state index is 0.0165. The molecule has 0 aliphatic heterocycles. The topological polar surface area (TPSA) is 41.5 Å². The number of rotatable bonds is 8. The second-order valence-electron chi connectivity index (χ2n) is 7.80. The van der Waals surface area contributed by atoms with Crippen molar-refractivity contribution in [2.24, 2.45) is 5.10 Å². The molecule has 0 bridgehead atoms. The van der Waals surface area contributed by atoms with Gasteiger partial charge in [0.15, 0.2) is 0 Å². The number of carbonyl (C=O) groups excluding carboxylic acids is 1. The summed E-state index contributed by atoms with van der Waals surface area (Å²) in [7, 11) is 0. The molecule has 0 saturated carbocycles. The molecule has 0 radical (unpaired) electrons. The Kier molecular flexibility index (Phi) is 7.66. The van der Waals surface area contributed by atoms with Crippen molar-refractivity contribution in [1.82, 2.24) is 5.43 Å². The van der Waals surface area contributed by atoms with E-state index in [-0.39, 0.29) is 11.3 Å². The van der Waals surface area contributed by atoms with Crippen molar-refractivity contribution in [1.29, 1.82) is 0 Å². The van der Waals surface area contributed by atoms with Gasteiger partial charge in [-0.3, -0.25) is 4.79 Å². The van der Waals surface area contributed by atoms with Crippen molar-refractivity contribution in [2.75, 3.05) is 5.75 Å². The predicted octanol–water partition coefficient (Wildman–Crippen LogP) is 5.40. The van der Waals surface area contributed by atoms with Crippen LogP contribution in [0.2, 0.25) is 0 Å². The van der Waals surface area contributed by atoms with E-state index in [1.165, 1.54) is 22.3 Å². The maximum atomic E-state index is 12.1. The predicted molar refractivity (Wildman–Crippen MR) is 117 cm³/mol. The van der Waals surface area contributed by atoms with Gasteiger partial charge < -0.3 is 0 Å². The first-order valence-corrected chi connectivity index (χ1v) is 10.4. The number of thioether (sulfide) groups is 1. The molecule has 3 nitrogen and oxygen atoms in total. The first kappa shape index (κ1) is 21.2. The molecule has 144 valence electrons. The number of nitrogens with zero attached hydrogens (tertiary/aromatic N) is 1. The molecule has 0 saturated heterocycles. The summed E-state index contributed by atoms with van der Waals surface area (Å²) in [6.45, 7) is 10.6. The van der Waals surface area contributed by atoms with E-state index in [0.29, 0.717) is 5.75 Å². The molecule has 0 atom stereocenters. The van der Waals surface area contributed by atoms with Crippen molar-refractivity contribution >= 4 is 23.4 Å². The average Bonchev–Trinajstić information content (AvgIpc) is 2.59. The Morgan fingerprint density at radius 2 is 1.70 bits per heavy atom. The van der Waals surface area contributed by atoms with Crippen LogP contribution in [0.4, 0.5) is 0 Å². The van der Waals surface area contributed by atoms with Gasteiger partial charge in [-0.15, -0.1) is 11.8 Å². The highest BCUT2D eigenvalue weighted by Gasteiger charge is 2.21. The molecular formula is C23H30N2OS. The Balaban J connectivity index is 1.79. The van der Waals surface area contributed by atoms with E-state index in [1.807, 2.05) is 13.0 Å². The van der Waals surface area contributed by atoms with Crippen LogP contribution >= 0.6 is 11.8 Å². The molecule has 1 N–H and O–H groups in total. The average molecular weight is 383 g/mol. The Morgan fingerprint density at radius 3 is 2.33 bits per heavy atom. The van der Waals surface area contributed by atoms with Crippen molar-refractivity contribution in [3.63, 3.8) is 0 Å². The summed E-state index contributed by atoms with van der Waals surface area (Å²) < 4.78 is 0. The minimum atomic E-state index is -0.0544. The molecule has 27 heavy (non-hydrogen) atoms. The maximum absolute atomic E-state index is 12.1. The van der Waals surface area contributed by atoms with Gasteiger partial charge in [-0.05, 0) is 43.7 Å². The Bertz CT molecular complexity index is 777. The van der Waals surface area contributed by atoms with E-state index < -0.39 is 0 Å².